The van der Waals surface area contributed by atoms with Gasteiger partial charge in [0.2, 0.25) is 5.91 Å². The summed E-state index contributed by atoms with van der Waals surface area (Å²) < 4.78 is 1.99. The van der Waals surface area contributed by atoms with E-state index >= 15 is 0 Å². The summed E-state index contributed by atoms with van der Waals surface area (Å²) in [5.74, 6) is 0.954. The van der Waals surface area contributed by atoms with E-state index in [1.54, 1.807) is 6.33 Å². The molecule has 0 fully saturated rings. The number of hydrogen-bond acceptors (Lipinski definition) is 2. The molecular weight excluding hydrogens is 154 g/mol. The lowest BCUT2D eigenvalue weighted by Gasteiger charge is -2.02. The molecule has 0 atom stereocenters. The van der Waals surface area contributed by atoms with Gasteiger partial charge >= 0.3 is 0 Å². The van der Waals surface area contributed by atoms with Crippen LogP contribution in [-0.2, 0) is 11.3 Å². The van der Waals surface area contributed by atoms with Crippen LogP contribution in [0.5, 0.6) is 0 Å². The number of carbonyl (C=O) groups is 1. The first kappa shape index (κ1) is 7.34. The molecule has 0 aromatic carbocycles. The van der Waals surface area contributed by atoms with Crippen LogP contribution < -0.4 is 5.32 Å². The second kappa shape index (κ2) is 2.62. The monoisotopic (exact) mass is 165 g/mol. The molecule has 0 unspecified atom stereocenters. The Labute approximate surface area is 70.6 Å². The molecule has 1 aromatic rings. The number of aromatic nitrogens is 2. The number of carbonyl (C=O) groups excluding carboxylic acids is 1. The summed E-state index contributed by atoms with van der Waals surface area (Å²) in [5.41, 5.74) is 0.894. The van der Waals surface area contributed by atoms with Gasteiger partial charge < -0.3 is 9.88 Å². The molecule has 0 spiro atoms. The summed E-state index contributed by atoms with van der Waals surface area (Å²) in [6, 6.07) is 0. The Morgan fingerprint density at radius 1 is 1.67 bits per heavy atom. The molecule has 0 radical (unpaired) electrons. The highest BCUT2D eigenvalue weighted by Crippen LogP contribution is 2.17. The van der Waals surface area contributed by atoms with Crippen molar-refractivity contribution in [1.82, 2.24) is 9.55 Å². The van der Waals surface area contributed by atoms with Gasteiger partial charge in [-0.2, -0.15) is 0 Å². The molecule has 1 amide bonds. The highest BCUT2D eigenvalue weighted by molar-refractivity contribution is 5.90. The summed E-state index contributed by atoms with van der Waals surface area (Å²) in [5, 5.41) is 2.83. The SMILES string of the molecule is Cc1ncn2c1NC(=O)CCC2. The maximum Gasteiger partial charge on any atom is 0.225 e. The maximum atomic E-state index is 11.1. The molecule has 0 saturated heterocycles. The standard InChI is InChI=1S/C8H11N3O/c1-6-8-10-7(12)3-2-4-11(8)5-9-6/h5H,2-4H2,1H3,(H,10,12). The zero-order valence-electron chi connectivity index (χ0n) is 7.00. The second-order valence-corrected chi connectivity index (χ2v) is 3.02. The predicted molar refractivity (Wildman–Crippen MR) is 44.8 cm³/mol. The van der Waals surface area contributed by atoms with Gasteiger partial charge in [-0.15, -0.1) is 0 Å². The van der Waals surface area contributed by atoms with Crippen LogP contribution in [0.1, 0.15) is 18.5 Å². The van der Waals surface area contributed by atoms with E-state index in [-0.39, 0.29) is 5.91 Å². The predicted octanol–water partition coefficient (Wildman–Crippen LogP) is 0.924. The van der Waals surface area contributed by atoms with Crippen LogP contribution >= 0.6 is 0 Å². The molecule has 2 heterocycles. The van der Waals surface area contributed by atoms with Crippen LogP contribution in [0, 0.1) is 6.92 Å². The Balaban J connectivity index is 2.40. The first-order chi connectivity index (χ1) is 5.77. The van der Waals surface area contributed by atoms with Gasteiger partial charge in [-0.1, -0.05) is 0 Å². The van der Waals surface area contributed by atoms with E-state index in [1.807, 2.05) is 11.5 Å². The van der Waals surface area contributed by atoms with Crippen LogP contribution in [0.3, 0.4) is 0 Å². The number of nitrogens with one attached hydrogen (secondary N) is 1. The molecule has 1 aliphatic rings. The third-order valence-corrected chi connectivity index (χ3v) is 2.08. The highest BCUT2D eigenvalue weighted by atomic mass is 16.1. The molecule has 1 N–H and O–H groups in total. The molecule has 64 valence electrons. The van der Waals surface area contributed by atoms with E-state index in [2.05, 4.69) is 10.3 Å². The summed E-state index contributed by atoms with van der Waals surface area (Å²) in [4.78, 5) is 15.3. The third kappa shape index (κ3) is 1.09. The largest absolute Gasteiger partial charge is 0.317 e. The number of hydrogen-bond donors (Lipinski definition) is 1. The first-order valence-electron chi connectivity index (χ1n) is 4.09. The van der Waals surface area contributed by atoms with Crippen molar-refractivity contribution in [2.45, 2.75) is 26.3 Å². The average Bonchev–Trinajstić information content (AvgIpc) is 2.31. The average molecular weight is 165 g/mol. The molecule has 0 saturated carbocycles. The van der Waals surface area contributed by atoms with Crippen LogP contribution in [0.4, 0.5) is 5.82 Å². The summed E-state index contributed by atoms with van der Waals surface area (Å²) in [6.07, 6.45) is 3.28. The lowest BCUT2D eigenvalue weighted by Crippen LogP contribution is -2.10. The van der Waals surface area contributed by atoms with Gasteiger partial charge in [-0.25, -0.2) is 4.98 Å². The molecule has 0 aliphatic carbocycles. The van der Waals surface area contributed by atoms with Crippen molar-refractivity contribution in [3.05, 3.63) is 12.0 Å². The number of anilines is 1. The number of rotatable bonds is 0. The number of aryl methyl sites for hydroxylation is 2. The van der Waals surface area contributed by atoms with E-state index in [4.69, 9.17) is 0 Å². The third-order valence-electron chi connectivity index (χ3n) is 2.08. The Morgan fingerprint density at radius 3 is 3.33 bits per heavy atom. The van der Waals surface area contributed by atoms with Crippen LogP contribution in [0.25, 0.3) is 0 Å². The second-order valence-electron chi connectivity index (χ2n) is 3.02. The van der Waals surface area contributed by atoms with E-state index in [0.29, 0.717) is 6.42 Å². The topological polar surface area (TPSA) is 46.9 Å². The zero-order chi connectivity index (χ0) is 8.55. The van der Waals surface area contributed by atoms with Crippen molar-refractivity contribution in [2.75, 3.05) is 5.32 Å². The smallest absolute Gasteiger partial charge is 0.225 e. The minimum Gasteiger partial charge on any atom is -0.317 e. The Bertz CT molecular complexity index is 316. The van der Waals surface area contributed by atoms with Crippen molar-refractivity contribution >= 4 is 11.7 Å². The van der Waals surface area contributed by atoms with Crippen molar-refractivity contribution in [3.8, 4) is 0 Å². The fourth-order valence-electron chi connectivity index (χ4n) is 1.42. The fourth-order valence-corrected chi connectivity index (χ4v) is 1.42. The quantitative estimate of drug-likeness (QED) is 0.621. The van der Waals surface area contributed by atoms with Gasteiger partial charge in [0.1, 0.15) is 5.82 Å². The lowest BCUT2D eigenvalue weighted by molar-refractivity contribution is -0.116. The maximum absolute atomic E-state index is 11.1. The van der Waals surface area contributed by atoms with E-state index in [9.17, 15) is 4.79 Å². The summed E-state index contributed by atoms with van der Waals surface area (Å²) in [6.45, 7) is 2.78. The number of amides is 1. The van der Waals surface area contributed by atoms with Gasteiger partial charge in [0, 0.05) is 13.0 Å². The molecule has 12 heavy (non-hydrogen) atoms. The van der Waals surface area contributed by atoms with Gasteiger partial charge in [0.05, 0.1) is 12.0 Å². The van der Waals surface area contributed by atoms with Gasteiger partial charge in [-0.3, -0.25) is 4.79 Å². The lowest BCUT2D eigenvalue weighted by atomic mass is 10.3. The van der Waals surface area contributed by atoms with Crippen molar-refractivity contribution < 1.29 is 4.79 Å². The Kier molecular flexibility index (Phi) is 1.60. The summed E-state index contributed by atoms with van der Waals surface area (Å²) >= 11 is 0. The molecule has 1 aromatic heterocycles. The van der Waals surface area contributed by atoms with Gasteiger partial charge in [0.25, 0.3) is 0 Å². The first-order valence-corrected chi connectivity index (χ1v) is 4.09. The van der Waals surface area contributed by atoms with E-state index in [0.717, 1.165) is 24.5 Å². The highest BCUT2D eigenvalue weighted by Gasteiger charge is 2.14. The number of nitrogens with zero attached hydrogens (tertiary/aromatic N) is 2. The zero-order valence-corrected chi connectivity index (χ0v) is 7.00. The minimum absolute atomic E-state index is 0.0948. The number of fused-ring (bicyclic) bond motifs is 1. The Hall–Kier alpha value is -1.32. The minimum atomic E-state index is 0.0948. The molecule has 1 aliphatic heterocycles. The molecular formula is C8H11N3O. The van der Waals surface area contributed by atoms with E-state index in [1.165, 1.54) is 0 Å². The summed E-state index contributed by atoms with van der Waals surface area (Å²) in [7, 11) is 0. The van der Waals surface area contributed by atoms with E-state index < -0.39 is 0 Å². The number of imidazole rings is 1. The van der Waals surface area contributed by atoms with Crippen molar-refractivity contribution in [1.29, 1.82) is 0 Å². The van der Waals surface area contributed by atoms with Crippen molar-refractivity contribution in [3.63, 3.8) is 0 Å². The molecule has 0 bridgehead atoms. The Morgan fingerprint density at radius 2 is 2.50 bits per heavy atom. The molecule has 4 heteroatoms. The van der Waals surface area contributed by atoms with Crippen molar-refractivity contribution in [2.24, 2.45) is 0 Å². The van der Waals surface area contributed by atoms with Crippen LogP contribution in [0.15, 0.2) is 6.33 Å². The molecule has 2 rings (SSSR count). The fraction of sp³-hybridized carbons (Fsp3) is 0.500. The van der Waals surface area contributed by atoms with Crippen LogP contribution in [-0.4, -0.2) is 15.5 Å². The molecule has 4 nitrogen and oxygen atoms in total. The van der Waals surface area contributed by atoms with Gasteiger partial charge in [-0.05, 0) is 13.3 Å². The van der Waals surface area contributed by atoms with Crippen LogP contribution in [0.2, 0.25) is 0 Å². The normalized spacial score (nSPS) is 16.6. The van der Waals surface area contributed by atoms with Gasteiger partial charge in [0.15, 0.2) is 0 Å².